The summed E-state index contributed by atoms with van der Waals surface area (Å²) < 4.78 is 0. The van der Waals surface area contributed by atoms with Crippen molar-refractivity contribution in [1.82, 2.24) is 0 Å². The average molecular weight is 196 g/mol. The summed E-state index contributed by atoms with van der Waals surface area (Å²) in [6, 6.07) is 10.5. The molecule has 0 unspecified atom stereocenters. The first-order chi connectivity index (χ1) is 6.79. The monoisotopic (exact) mass is 196 g/mol. The molecule has 0 amide bonds. The van der Waals surface area contributed by atoms with Crippen LogP contribution in [0, 0.1) is 23.9 Å². The molecule has 0 fully saturated rings. The van der Waals surface area contributed by atoms with Crippen LogP contribution >= 0.6 is 0 Å². The van der Waals surface area contributed by atoms with Gasteiger partial charge in [0.1, 0.15) is 0 Å². The molecule has 1 heterocycles. The van der Waals surface area contributed by atoms with Gasteiger partial charge in [-0.15, -0.1) is 23.9 Å². The van der Waals surface area contributed by atoms with E-state index in [0.29, 0.717) is 0 Å². The van der Waals surface area contributed by atoms with Crippen LogP contribution in [0.5, 0.6) is 0 Å². The van der Waals surface area contributed by atoms with Crippen LogP contribution in [0.15, 0.2) is 24.3 Å². The molecule has 2 rings (SSSR count). The van der Waals surface area contributed by atoms with Crippen molar-refractivity contribution in [2.24, 2.45) is 0 Å². The Hall–Kier alpha value is -1.44. The zero-order valence-corrected chi connectivity index (χ0v) is 9.09. The van der Waals surface area contributed by atoms with Gasteiger partial charge in [0.25, 0.3) is 0 Å². The predicted molar refractivity (Wildman–Crippen MR) is 62.1 cm³/mol. The molecule has 1 aliphatic rings. The standard InChI is InChI=1S/C13H12Si/c1-3-14(4-2)10-9-12-7-5-6-8-13(12)11-14/h1-2,5-8H,9-11H2. The van der Waals surface area contributed by atoms with Gasteiger partial charge in [0.15, 0.2) is 0 Å². The fraction of sp³-hybridized carbons (Fsp3) is 0.231. The lowest BCUT2D eigenvalue weighted by Crippen LogP contribution is -2.38. The summed E-state index contributed by atoms with van der Waals surface area (Å²) in [5.41, 5.74) is 8.63. The zero-order valence-electron chi connectivity index (χ0n) is 8.09. The van der Waals surface area contributed by atoms with E-state index < -0.39 is 8.07 Å². The van der Waals surface area contributed by atoms with E-state index in [1.54, 1.807) is 0 Å². The third-order valence-corrected chi connectivity index (χ3v) is 6.18. The first-order valence-corrected chi connectivity index (χ1v) is 7.23. The average Bonchev–Trinajstić information content (AvgIpc) is 2.28. The summed E-state index contributed by atoms with van der Waals surface area (Å²) >= 11 is 0. The largest absolute Gasteiger partial charge is 0.220 e. The topological polar surface area (TPSA) is 0 Å². The Balaban J connectivity index is 2.40. The Kier molecular flexibility index (Phi) is 2.19. The van der Waals surface area contributed by atoms with Gasteiger partial charge >= 0.3 is 0 Å². The van der Waals surface area contributed by atoms with Gasteiger partial charge in [-0.1, -0.05) is 24.3 Å². The van der Waals surface area contributed by atoms with Crippen molar-refractivity contribution in [1.29, 1.82) is 0 Å². The van der Waals surface area contributed by atoms with Gasteiger partial charge in [-0.2, -0.15) is 0 Å². The maximum Gasteiger partial charge on any atom is 0.220 e. The zero-order chi connectivity index (χ0) is 10.0. The van der Waals surface area contributed by atoms with E-state index in [0.717, 1.165) is 18.5 Å². The molecule has 0 nitrogen and oxygen atoms in total. The molecular formula is C13H12Si. The summed E-state index contributed by atoms with van der Waals surface area (Å²) in [5, 5.41) is 0. The Morgan fingerprint density at radius 2 is 1.71 bits per heavy atom. The predicted octanol–water partition coefficient (Wildman–Crippen LogP) is 2.12. The lowest BCUT2D eigenvalue weighted by Gasteiger charge is -2.26. The highest BCUT2D eigenvalue weighted by Gasteiger charge is 2.33. The molecule has 1 aromatic carbocycles. The number of benzene rings is 1. The minimum absolute atomic E-state index is 0.968. The SMILES string of the molecule is C#C[Si]1(C#C)CCc2ccccc2C1. The van der Waals surface area contributed by atoms with Crippen molar-refractivity contribution in [3.05, 3.63) is 35.4 Å². The number of fused-ring (bicyclic) bond motifs is 1. The molecule has 0 spiro atoms. The molecule has 0 saturated carbocycles. The minimum atomic E-state index is -1.83. The highest BCUT2D eigenvalue weighted by Crippen LogP contribution is 2.26. The maximum atomic E-state index is 5.58. The van der Waals surface area contributed by atoms with Crippen molar-refractivity contribution < 1.29 is 0 Å². The van der Waals surface area contributed by atoms with Gasteiger partial charge in [0.2, 0.25) is 8.07 Å². The van der Waals surface area contributed by atoms with Gasteiger partial charge in [0, 0.05) is 0 Å². The number of hydrogen-bond acceptors (Lipinski definition) is 0. The van der Waals surface area contributed by atoms with E-state index in [1.807, 2.05) is 0 Å². The maximum absolute atomic E-state index is 5.58. The molecule has 1 aliphatic heterocycles. The highest BCUT2D eigenvalue weighted by molar-refractivity contribution is 6.93. The van der Waals surface area contributed by atoms with E-state index in [2.05, 4.69) is 35.4 Å². The van der Waals surface area contributed by atoms with Crippen LogP contribution in [0.25, 0.3) is 0 Å². The van der Waals surface area contributed by atoms with Crippen LogP contribution in [0.4, 0.5) is 0 Å². The molecule has 0 aromatic heterocycles. The molecular weight excluding hydrogens is 184 g/mol. The van der Waals surface area contributed by atoms with E-state index >= 15 is 0 Å². The summed E-state index contributed by atoms with van der Waals surface area (Å²) in [6.07, 6.45) is 12.2. The van der Waals surface area contributed by atoms with Crippen LogP contribution < -0.4 is 0 Å². The Morgan fingerprint density at radius 3 is 2.36 bits per heavy atom. The van der Waals surface area contributed by atoms with Gasteiger partial charge in [-0.3, -0.25) is 0 Å². The van der Waals surface area contributed by atoms with Crippen molar-refractivity contribution >= 4 is 8.07 Å². The Labute approximate surface area is 86.4 Å². The van der Waals surface area contributed by atoms with Crippen LogP contribution in [-0.4, -0.2) is 8.07 Å². The number of rotatable bonds is 0. The van der Waals surface area contributed by atoms with Crippen molar-refractivity contribution in [2.45, 2.75) is 18.5 Å². The number of terminal acetylenes is 2. The quantitative estimate of drug-likeness (QED) is 0.440. The van der Waals surface area contributed by atoms with E-state index in [1.165, 1.54) is 11.1 Å². The highest BCUT2D eigenvalue weighted by atomic mass is 28.3. The third-order valence-electron chi connectivity index (χ3n) is 2.98. The van der Waals surface area contributed by atoms with E-state index in [4.69, 9.17) is 12.8 Å². The minimum Gasteiger partial charge on any atom is -0.126 e. The van der Waals surface area contributed by atoms with Crippen molar-refractivity contribution in [2.75, 3.05) is 0 Å². The molecule has 0 N–H and O–H groups in total. The number of hydrogen-bond donors (Lipinski definition) is 0. The first-order valence-electron chi connectivity index (χ1n) is 4.82. The van der Waals surface area contributed by atoms with Gasteiger partial charge in [0.05, 0.1) is 0 Å². The smallest absolute Gasteiger partial charge is 0.126 e. The second kappa shape index (κ2) is 3.37. The molecule has 1 heteroatoms. The lowest BCUT2D eigenvalue weighted by atomic mass is 10.1. The molecule has 14 heavy (non-hydrogen) atoms. The van der Waals surface area contributed by atoms with Crippen molar-refractivity contribution in [3.63, 3.8) is 0 Å². The molecule has 0 bridgehead atoms. The van der Waals surface area contributed by atoms with Crippen LogP contribution in [0.3, 0.4) is 0 Å². The summed E-state index contributed by atoms with van der Waals surface area (Å²) in [5.74, 6) is 0. The number of aryl methyl sites for hydroxylation is 1. The first kappa shape index (κ1) is 9.13. The van der Waals surface area contributed by atoms with Crippen molar-refractivity contribution in [3.8, 4) is 23.9 Å². The van der Waals surface area contributed by atoms with Gasteiger partial charge in [-0.05, 0) is 29.6 Å². The normalized spacial score (nSPS) is 17.6. The second-order valence-electron chi connectivity index (χ2n) is 3.82. The van der Waals surface area contributed by atoms with E-state index in [-0.39, 0.29) is 0 Å². The molecule has 68 valence electrons. The fourth-order valence-electron chi connectivity index (χ4n) is 2.02. The molecule has 0 atom stereocenters. The molecule has 0 saturated heterocycles. The molecule has 1 aromatic rings. The fourth-order valence-corrected chi connectivity index (χ4v) is 4.47. The Morgan fingerprint density at radius 1 is 1.07 bits per heavy atom. The summed E-state index contributed by atoms with van der Waals surface area (Å²) in [4.78, 5) is 0. The van der Waals surface area contributed by atoms with Crippen LogP contribution in [0.1, 0.15) is 11.1 Å². The molecule has 0 aliphatic carbocycles. The van der Waals surface area contributed by atoms with Crippen LogP contribution in [0.2, 0.25) is 6.04 Å². The summed E-state index contributed by atoms with van der Waals surface area (Å²) in [6.45, 7) is 0. The summed E-state index contributed by atoms with van der Waals surface area (Å²) in [7, 11) is -1.83. The van der Waals surface area contributed by atoms with Gasteiger partial charge < -0.3 is 0 Å². The second-order valence-corrected chi connectivity index (χ2v) is 7.41. The third kappa shape index (κ3) is 1.37. The van der Waals surface area contributed by atoms with Gasteiger partial charge in [-0.25, -0.2) is 0 Å². The van der Waals surface area contributed by atoms with Crippen LogP contribution in [-0.2, 0) is 12.5 Å². The Bertz CT molecular complexity index is 417. The lowest BCUT2D eigenvalue weighted by molar-refractivity contribution is 1.02. The van der Waals surface area contributed by atoms with E-state index in [9.17, 15) is 0 Å². The molecule has 0 radical (unpaired) electrons.